The van der Waals surface area contributed by atoms with Crippen LogP contribution in [0.4, 0.5) is 0 Å². The first-order chi connectivity index (χ1) is 4.18. The summed E-state index contributed by atoms with van der Waals surface area (Å²) in [5.74, 6) is 0. The quantitative estimate of drug-likeness (QED) is 0.439. The summed E-state index contributed by atoms with van der Waals surface area (Å²) in [5.41, 5.74) is 5.60. The number of nitrogens with two attached hydrogens (primary N) is 1. The topological polar surface area (TPSA) is 66.5 Å². The standard InChI is InChI=1S/C5H12BNO2/c1-5(6(8)9)3-2-4-7/h8-9H,1-4,7H2. The van der Waals surface area contributed by atoms with Gasteiger partial charge in [0.25, 0.3) is 0 Å². The molecule has 0 atom stereocenters. The van der Waals surface area contributed by atoms with Gasteiger partial charge < -0.3 is 15.8 Å². The summed E-state index contributed by atoms with van der Waals surface area (Å²) in [4.78, 5) is 0. The molecule has 0 saturated carbocycles. The van der Waals surface area contributed by atoms with E-state index in [-0.39, 0.29) is 0 Å². The Balaban J connectivity index is 3.28. The van der Waals surface area contributed by atoms with Gasteiger partial charge in [-0.25, -0.2) is 0 Å². The number of allylic oxidation sites excluding steroid dienone is 1. The van der Waals surface area contributed by atoms with Crippen LogP contribution >= 0.6 is 0 Å². The van der Waals surface area contributed by atoms with E-state index in [1.54, 1.807) is 0 Å². The van der Waals surface area contributed by atoms with Gasteiger partial charge in [-0.1, -0.05) is 0 Å². The zero-order valence-corrected chi connectivity index (χ0v) is 5.38. The molecule has 0 aromatic heterocycles. The Kier molecular flexibility index (Phi) is 4.39. The third kappa shape index (κ3) is 4.21. The zero-order valence-electron chi connectivity index (χ0n) is 5.38. The molecule has 4 heteroatoms. The maximum atomic E-state index is 8.46. The predicted molar refractivity (Wildman–Crippen MR) is 37.6 cm³/mol. The minimum absolute atomic E-state index is 0.431. The first-order valence-corrected chi connectivity index (χ1v) is 2.92. The van der Waals surface area contributed by atoms with Gasteiger partial charge in [0.15, 0.2) is 0 Å². The Morgan fingerprint density at radius 2 is 2.11 bits per heavy atom. The molecular formula is C5H12BNO2. The van der Waals surface area contributed by atoms with Gasteiger partial charge in [0.2, 0.25) is 0 Å². The fourth-order valence-corrected chi connectivity index (χ4v) is 0.458. The van der Waals surface area contributed by atoms with E-state index in [9.17, 15) is 0 Å². The largest absolute Gasteiger partial charge is 0.483 e. The Labute approximate surface area is 55.3 Å². The van der Waals surface area contributed by atoms with Gasteiger partial charge in [-0.3, -0.25) is 0 Å². The maximum Gasteiger partial charge on any atom is 0.483 e. The number of hydrogen-bond acceptors (Lipinski definition) is 3. The molecule has 0 spiro atoms. The summed E-state index contributed by atoms with van der Waals surface area (Å²) in [6.45, 7) is 4.00. The second kappa shape index (κ2) is 4.55. The average Bonchev–Trinajstić information content (AvgIpc) is 1.82. The number of rotatable bonds is 4. The molecule has 0 aliphatic carbocycles. The van der Waals surface area contributed by atoms with Crippen molar-refractivity contribution in [2.45, 2.75) is 12.8 Å². The molecule has 0 rings (SSSR count). The molecule has 0 aromatic rings. The van der Waals surface area contributed by atoms with Crippen molar-refractivity contribution in [3.63, 3.8) is 0 Å². The molecule has 0 fully saturated rings. The van der Waals surface area contributed by atoms with Crippen molar-refractivity contribution in [1.82, 2.24) is 0 Å². The van der Waals surface area contributed by atoms with Crippen LogP contribution in [-0.2, 0) is 0 Å². The normalized spacial score (nSPS) is 9.22. The zero-order chi connectivity index (χ0) is 7.28. The van der Waals surface area contributed by atoms with Crippen molar-refractivity contribution in [3.8, 4) is 0 Å². The smallest absolute Gasteiger partial charge is 0.423 e. The first-order valence-electron chi connectivity index (χ1n) is 2.92. The predicted octanol–water partition coefficient (Wildman–Crippen LogP) is -0.706. The average molecular weight is 129 g/mol. The van der Waals surface area contributed by atoms with Gasteiger partial charge in [-0.05, 0) is 24.9 Å². The van der Waals surface area contributed by atoms with Gasteiger partial charge in [-0.2, -0.15) is 0 Å². The number of hydrogen-bond donors (Lipinski definition) is 3. The van der Waals surface area contributed by atoms with Crippen LogP contribution in [0.15, 0.2) is 12.1 Å². The van der Waals surface area contributed by atoms with Crippen molar-refractivity contribution in [2.75, 3.05) is 6.54 Å². The summed E-state index contributed by atoms with van der Waals surface area (Å²) in [6, 6.07) is 0. The van der Waals surface area contributed by atoms with E-state index in [0.29, 0.717) is 18.4 Å². The highest BCUT2D eigenvalue weighted by molar-refractivity contribution is 6.50. The first kappa shape index (κ1) is 8.68. The van der Waals surface area contributed by atoms with Gasteiger partial charge in [0.1, 0.15) is 0 Å². The second-order valence-corrected chi connectivity index (χ2v) is 1.92. The van der Waals surface area contributed by atoms with Gasteiger partial charge in [-0.15, -0.1) is 6.58 Å². The van der Waals surface area contributed by atoms with Gasteiger partial charge in [0, 0.05) is 0 Å². The fourth-order valence-electron chi connectivity index (χ4n) is 0.458. The van der Waals surface area contributed by atoms with Crippen molar-refractivity contribution >= 4 is 7.12 Å². The van der Waals surface area contributed by atoms with Crippen molar-refractivity contribution in [3.05, 3.63) is 12.1 Å². The van der Waals surface area contributed by atoms with E-state index < -0.39 is 7.12 Å². The van der Waals surface area contributed by atoms with Gasteiger partial charge >= 0.3 is 7.12 Å². The highest BCUT2D eigenvalue weighted by atomic mass is 16.4. The Morgan fingerprint density at radius 3 is 2.44 bits per heavy atom. The van der Waals surface area contributed by atoms with Crippen LogP contribution in [0.3, 0.4) is 0 Å². The highest BCUT2D eigenvalue weighted by Crippen LogP contribution is 2.00. The lowest BCUT2D eigenvalue weighted by molar-refractivity contribution is 0.416. The van der Waals surface area contributed by atoms with Crippen LogP contribution in [0.1, 0.15) is 12.8 Å². The molecular weight excluding hydrogens is 117 g/mol. The minimum Gasteiger partial charge on any atom is -0.423 e. The minimum atomic E-state index is -1.38. The lowest BCUT2D eigenvalue weighted by Crippen LogP contribution is -2.15. The summed E-state index contributed by atoms with van der Waals surface area (Å²) in [5, 5.41) is 16.9. The summed E-state index contributed by atoms with van der Waals surface area (Å²) >= 11 is 0. The molecule has 0 bridgehead atoms. The van der Waals surface area contributed by atoms with Crippen molar-refractivity contribution < 1.29 is 10.0 Å². The van der Waals surface area contributed by atoms with Crippen LogP contribution in [0.25, 0.3) is 0 Å². The van der Waals surface area contributed by atoms with Crippen LogP contribution in [-0.4, -0.2) is 23.7 Å². The monoisotopic (exact) mass is 129 g/mol. The lowest BCUT2D eigenvalue weighted by atomic mass is 9.78. The molecule has 0 aliphatic rings. The fraction of sp³-hybridized carbons (Fsp3) is 0.600. The van der Waals surface area contributed by atoms with Crippen molar-refractivity contribution in [2.24, 2.45) is 5.73 Å². The molecule has 52 valence electrons. The summed E-state index contributed by atoms with van der Waals surface area (Å²) in [6.07, 6.45) is 1.35. The third-order valence-corrected chi connectivity index (χ3v) is 1.07. The van der Waals surface area contributed by atoms with E-state index in [1.165, 1.54) is 0 Å². The van der Waals surface area contributed by atoms with E-state index >= 15 is 0 Å². The van der Waals surface area contributed by atoms with E-state index in [2.05, 4.69) is 6.58 Å². The highest BCUT2D eigenvalue weighted by Gasteiger charge is 2.09. The van der Waals surface area contributed by atoms with Crippen LogP contribution < -0.4 is 5.73 Å². The molecule has 0 amide bonds. The van der Waals surface area contributed by atoms with Crippen LogP contribution in [0.2, 0.25) is 0 Å². The Morgan fingerprint density at radius 1 is 1.56 bits per heavy atom. The molecule has 0 radical (unpaired) electrons. The van der Waals surface area contributed by atoms with E-state index in [1.807, 2.05) is 0 Å². The molecule has 9 heavy (non-hydrogen) atoms. The lowest BCUT2D eigenvalue weighted by Gasteiger charge is -2.00. The molecule has 0 heterocycles. The third-order valence-electron chi connectivity index (χ3n) is 1.07. The molecule has 0 unspecified atom stereocenters. The second-order valence-electron chi connectivity index (χ2n) is 1.92. The molecule has 3 nitrogen and oxygen atoms in total. The molecule has 0 aliphatic heterocycles. The SMILES string of the molecule is C=C(CCCN)B(O)O. The maximum absolute atomic E-state index is 8.46. The summed E-state index contributed by atoms with van der Waals surface area (Å²) < 4.78 is 0. The van der Waals surface area contributed by atoms with Gasteiger partial charge in [0.05, 0.1) is 0 Å². The van der Waals surface area contributed by atoms with E-state index in [0.717, 1.165) is 6.42 Å². The van der Waals surface area contributed by atoms with Crippen LogP contribution in [0.5, 0.6) is 0 Å². The van der Waals surface area contributed by atoms with Crippen LogP contribution in [0, 0.1) is 0 Å². The molecule has 0 saturated heterocycles. The molecule has 4 N–H and O–H groups in total. The Bertz CT molecular complexity index is 95.0. The molecule has 0 aromatic carbocycles. The Hall–Kier alpha value is -0.315. The van der Waals surface area contributed by atoms with E-state index in [4.69, 9.17) is 15.8 Å². The van der Waals surface area contributed by atoms with Crippen molar-refractivity contribution in [1.29, 1.82) is 0 Å². The summed E-state index contributed by atoms with van der Waals surface area (Å²) in [7, 11) is -1.38.